The number of benzene rings is 12. The lowest BCUT2D eigenvalue weighted by atomic mass is 9.31. The fraction of sp³-hybridized carbons (Fsp3) is 0. The molecule has 0 amide bonds. The van der Waals surface area contributed by atoms with Crippen LogP contribution >= 0.6 is 11.8 Å². The van der Waals surface area contributed by atoms with E-state index in [-0.39, 0.29) is 13.4 Å². The SMILES string of the molecule is c1ccc(-c2cccc(-c3ccccc3)c2N2c3cc4c(cc3B3c5ccccc5Oc5c3c2cc2c5c3ccccc3n2-c2ccccc2)B2c3ccccc3Sc3c2c(cc2c3c3ccccc3n2-c2ccccc2)O4)cc1. The van der Waals surface area contributed by atoms with Crippen LogP contribution in [-0.2, 0) is 0 Å². The highest BCUT2D eigenvalue weighted by Gasteiger charge is 2.48. The number of anilines is 3. The van der Waals surface area contributed by atoms with E-state index in [1.165, 1.54) is 42.5 Å². The Balaban J connectivity index is 0.994. The van der Waals surface area contributed by atoms with E-state index in [1.807, 2.05) is 11.8 Å². The molecule has 14 aromatic rings. The molecule has 2 aromatic heterocycles. The van der Waals surface area contributed by atoms with Crippen molar-refractivity contribution < 1.29 is 9.47 Å². The zero-order valence-corrected chi connectivity index (χ0v) is 43.9. The summed E-state index contributed by atoms with van der Waals surface area (Å²) in [7, 11) is 0. The number of fused-ring (bicyclic) bond motifs is 16. The van der Waals surface area contributed by atoms with Gasteiger partial charge in [0.25, 0.3) is 13.4 Å². The fourth-order valence-corrected chi connectivity index (χ4v) is 15.4. The van der Waals surface area contributed by atoms with Gasteiger partial charge >= 0.3 is 0 Å². The van der Waals surface area contributed by atoms with Crippen molar-refractivity contribution in [3.05, 3.63) is 261 Å². The minimum Gasteiger partial charge on any atom is -0.458 e. The van der Waals surface area contributed by atoms with Crippen LogP contribution in [0.25, 0.3) is 77.2 Å². The van der Waals surface area contributed by atoms with Crippen LogP contribution in [0.5, 0.6) is 23.0 Å². The van der Waals surface area contributed by atoms with Gasteiger partial charge in [0.1, 0.15) is 23.0 Å². The minimum absolute atomic E-state index is 0.109. The molecular weight excluding hydrogens is 993 g/mol. The van der Waals surface area contributed by atoms with Crippen molar-refractivity contribution >= 4 is 119 Å². The van der Waals surface area contributed by atoms with Crippen LogP contribution in [0, 0.1) is 0 Å². The Kier molecular flexibility index (Phi) is 9.28. The molecule has 80 heavy (non-hydrogen) atoms. The Morgan fingerprint density at radius 3 is 1.57 bits per heavy atom. The van der Waals surface area contributed by atoms with E-state index in [4.69, 9.17) is 9.47 Å². The third-order valence-corrected chi connectivity index (χ3v) is 18.5. The van der Waals surface area contributed by atoms with E-state index < -0.39 is 0 Å². The maximum atomic E-state index is 7.68. The zero-order chi connectivity index (χ0) is 52.2. The van der Waals surface area contributed by atoms with Crippen LogP contribution in [0.1, 0.15) is 0 Å². The number of aromatic nitrogens is 2. The molecule has 0 N–H and O–H groups in total. The average Bonchev–Trinajstić information content (AvgIpc) is 4.17. The first-order chi connectivity index (χ1) is 39.7. The summed E-state index contributed by atoms with van der Waals surface area (Å²) in [6.45, 7) is -0.309. The summed E-state index contributed by atoms with van der Waals surface area (Å²) in [5, 5.41) is 4.73. The predicted molar refractivity (Wildman–Crippen MR) is 334 cm³/mol. The average molecular weight is 1040 g/mol. The molecule has 0 aliphatic carbocycles. The van der Waals surface area contributed by atoms with E-state index >= 15 is 0 Å². The van der Waals surface area contributed by atoms with Gasteiger partial charge in [-0.1, -0.05) is 211 Å². The van der Waals surface area contributed by atoms with Crippen molar-refractivity contribution in [2.75, 3.05) is 4.90 Å². The van der Waals surface area contributed by atoms with Crippen LogP contribution in [0.4, 0.5) is 17.1 Å². The van der Waals surface area contributed by atoms with Crippen LogP contribution in [0.3, 0.4) is 0 Å². The zero-order valence-electron chi connectivity index (χ0n) is 43.0. The van der Waals surface area contributed by atoms with Gasteiger partial charge in [-0.05, 0) is 93.0 Å². The van der Waals surface area contributed by atoms with Crippen molar-refractivity contribution in [1.29, 1.82) is 0 Å². The first-order valence-electron chi connectivity index (χ1n) is 27.5. The summed E-state index contributed by atoms with van der Waals surface area (Å²) in [5.41, 5.74) is 21.6. The van der Waals surface area contributed by atoms with E-state index in [0.717, 1.165) is 117 Å². The van der Waals surface area contributed by atoms with E-state index in [0.29, 0.717) is 0 Å². The summed E-state index contributed by atoms with van der Waals surface area (Å²) in [6, 6.07) is 95.3. The topological polar surface area (TPSA) is 31.6 Å². The maximum absolute atomic E-state index is 7.68. The molecule has 0 unspecified atom stereocenters. The Labute approximate surface area is 466 Å². The number of nitrogens with zero attached hydrogens (tertiary/aromatic N) is 3. The molecule has 0 saturated carbocycles. The highest BCUT2D eigenvalue weighted by molar-refractivity contribution is 8.00. The van der Waals surface area contributed by atoms with Gasteiger partial charge in [-0.25, -0.2) is 0 Å². The van der Waals surface area contributed by atoms with Crippen molar-refractivity contribution in [2.24, 2.45) is 0 Å². The molecule has 8 heteroatoms. The van der Waals surface area contributed by atoms with Crippen LogP contribution in [-0.4, -0.2) is 22.6 Å². The van der Waals surface area contributed by atoms with E-state index in [2.05, 4.69) is 275 Å². The first-order valence-corrected chi connectivity index (χ1v) is 28.3. The van der Waals surface area contributed by atoms with Gasteiger partial charge in [-0.15, -0.1) is 0 Å². The number of para-hydroxylation sites is 6. The number of rotatable bonds is 5. The number of hydrogen-bond donors (Lipinski definition) is 0. The molecular formula is C72H43B2N3O2S. The summed E-state index contributed by atoms with van der Waals surface area (Å²) >= 11 is 1.88. The van der Waals surface area contributed by atoms with Crippen LogP contribution in [0.15, 0.2) is 271 Å². The predicted octanol–water partition coefficient (Wildman–Crippen LogP) is 14.7. The first kappa shape index (κ1) is 44.1. The van der Waals surface area contributed by atoms with Crippen molar-refractivity contribution in [3.8, 4) is 56.6 Å². The Morgan fingerprint density at radius 1 is 0.350 bits per heavy atom. The van der Waals surface area contributed by atoms with Gasteiger partial charge in [-0.2, -0.15) is 0 Å². The molecule has 4 aliphatic heterocycles. The van der Waals surface area contributed by atoms with Gasteiger partial charge in [0.15, 0.2) is 0 Å². The monoisotopic (exact) mass is 1040 g/mol. The van der Waals surface area contributed by atoms with Crippen LogP contribution in [0.2, 0.25) is 0 Å². The largest absolute Gasteiger partial charge is 0.458 e. The quantitative estimate of drug-likeness (QED) is 0.161. The lowest BCUT2D eigenvalue weighted by Gasteiger charge is -2.43. The normalized spacial score (nSPS) is 13.3. The second kappa shape index (κ2) is 16.8. The summed E-state index contributed by atoms with van der Waals surface area (Å²) < 4.78 is 20.1. The third kappa shape index (κ3) is 6.11. The fourth-order valence-electron chi connectivity index (χ4n) is 14.0. The van der Waals surface area contributed by atoms with E-state index in [1.54, 1.807) is 0 Å². The molecule has 0 saturated heterocycles. The summed E-state index contributed by atoms with van der Waals surface area (Å²) in [5.74, 6) is 3.49. The summed E-state index contributed by atoms with van der Waals surface area (Å²) in [6.07, 6.45) is 0. The minimum atomic E-state index is -0.200. The molecule has 0 radical (unpaired) electrons. The van der Waals surface area contributed by atoms with Gasteiger partial charge in [-0.3, -0.25) is 0 Å². The lowest BCUT2D eigenvalue weighted by molar-refractivity contribution is 0.487. The molecule has 0 fully saturated rings. The smallest absolute Gasteiger partial charge is 0.256 e. The van der Waals surface area contributed by atoms with Gasteiger partial charge in [0.2, 0.25) is 0 Å². The van der Waals surface area contributed by atoms with E-state index in [9.17, 15) is 0 Å². The van der Waals surface area contributed by atoms with Crippen molar-refractivity contribution in [2.45, 2.75) is 9.79 Å². The standard InChI is InChI=1S/C72H43B2N3O2S/c1-5-22-44(23-6-1)48-32-21-33-49(45-24-7-2-8-25-45)70(48)77-58-42-63-55(74-53-35-16-20-39-65(53)80-72-67-51-31-14-18-37-57(51)76(47-28-11-4-12-29-47)60(67)43-64(78-63)69(72)74)40-54(58)73-52-34-15-19-38-62(52)79-71-66-50-30-13-17-36-56(50)75(46-26-9-3-10-27-46)59(66)41-61(77)68(71)73/h1-43H. The van der Waals surface area contributed by atoms with Gasteiger partial charge < -0.3 is 23.5 Å². The molecule has 5 nitrogen and oxygen atoms in total. The molecule has 0 bridgehead atoms. The van der Waals surface area contributed by atoms with Crippen LogP contribution < -0.4 is 47.2 Å². The Morgan fingerprint density at radius 2 is 0.900 bits per heavy atom. The molecule has 6 heterocycles. The Bertz CT molecular complexity index is 4890. The second-order valence-electron chi connectivity index (χ2n) is 21.4. The third-order valence-electron chi connectivity index (χ3n) is 17.3. The molecule has 0 atom stereocenters. The molecule has 12 aromatic carbocycles. The molecule has 370 valence electrons. The number of hydrogen-bond acceptors (Lipinski definition) is 4. The van der Waals surface area contributed by atoms with Gasteiger partial charge in [0, 0.05) is 72.0 Å². The highest BCUT2D eigenvalue weighted by Crippen LogP contribution is 2.53. The molecule has 0 spiro atoms. The lowest BCUT2D eigenvalue weighted by Crippen LogP contribution is -2.63. The molecule has 18 rings (SSSR count). The summed E-state index contributed by atoms with van der Waals surface area (Å²) in [4.78, 5) is 5.09. The van der Waals surface area contributed by atoms with Crippen molar-refractivity contribution in [1.82, 2.24) is 9.13 Å². The number of ether oxygens (including phenoxy) is 2. The van der Waals surface area contributed by atoms with Crippen molar-refractivity contribution in [3.63, 3.8) is 0 Å². The maximum Gasteiger partial charge on any atom is 0.256 e. The molecule has 4 aliphatic rings. The van der Waals surface area contributed by atoms with Gasteiger partial charge in [0.05, 0.1) is 33.1 Å². The Hall–Kier alpha value is -9.88. The highest BCUT2D eigenvalue weighted by atomic mass is 32.2. The second-order valence-corrected chi connectivity index (χ2v) is 22.4.